The molecule has 0 aliphatic rings. The molecule has 0 saturated carbocycles. The van der Waals surface area contributed by atoms with Crippen molar-refractivity contribution in [3.05, 3.63) is 75.3 Å². The zero-order chi connectivity index (χ0) is 22.0. The molecule has 31 heavy (non-hydrogen) atoms. The maximum Gasteiger partial charge on any atom is 0.336 e. The Morgan fingerprint density at radius 2 is 2.06 bits per heavy atom. The third-order valence-electron chi connectivity index (χ3n) is 5.16. The van der Waals surface area contributed by atoms with E-state index < -0.39 is 5.91 Å². The lowest BCUT2D eigenvalue weighted by atomic mass is 10.0. The maximum atomic E-state index is 12.1. The minimum Gasteiger partial charge on any atom is -0.467 e. The number of hydrogen-bond donors (Lipinski definition) is 1. The van der Waals surface area contributed by atoms with Crippen molar-refractivity contribution < 1.29 is 13.6 Å². The van der Waals surface area contributed by atoms with E-state index in [0.29, 0.717) is 35.3 Å². The van der Waals surface area contributed by atoms with Crippen LogP contribution in [0.1, 0.15) is 34.7 Å². The molecule has 4 aromatic rings. The number of aryl methyl sites for hydroxylation is 3. The molecule has 1 aromatic carbocycles. The average molecular weight is 439 g/mol. The van der Waals surface area contributed by atoms with Crippen LogP contribution in [-0.4, -0.2) is 20.7 Å². The van der Waals surface area contributed by atoms with Crippen LogP contribution in [0.25, 0.3) is 11.0 Å². The van der Waals surface area contributed by atoms with Crippen LogP contribution in [0.4, 0.5) is 0 Å². The number of furan rings is 1. The molecular formula is C22H22N4O4S. The molecule has 160 valence electrons. The van der Waals surface area contributed by atoms with Gasteiger partial charge in [0.2, 0.25) is 5.91 Å². The largest absolute Gasteiger partial charge is 0.467 e. The van der Waals surface area contributed by atoms with Crippen LogP contribution in [0.5, 0.6) is 0 Å². The molecule has 0 saturated heterocycles. The van der Waals surface area contributed by atoms with Crippen LogP contribution in [0.2, 0.25) is 0 Å². The molecule has 0 aliphatic carbocycles. The molecule has 0 unspecified atom stereocenters. The Hall–Kier alpha value is -3.33. The van der Waals surface area contributed by atoms with Crippen molar-refractivity contribution in [2.24, 2.45) is 5.73 Å². The van der Waals surface area contributed by atoms with Crippen LogP contribution >= 0.6 is 11.8 Å². The molecule has 0 fully saturated rings. The lowest BCUT2D eigenvalue weighted by Crippen LogP contribution is -2.14. The molecule has 0 spiro atoms. The first kappa shape index (κ1) is 20.9. The number of rotatable bonds is 8. The first-order valence-corrected chi connectivity index (χ1v) is 10.8. The summed E-state index contributed by atoms with van der Waals surface area (Å²) in [5.74, 6) is 1.52. The third kappa shape index (κ3) is 4.56. The fourth-order valence-electron chi connectivity index (χ4n) is 3.35. The van der Waals surface area contributed by atoms with Gasteiger partial charge in [-0.05, 0) is 42.7 Å². The highest BCUT2D eigenvalue weighted by molar-refractivity contribution is 7.98. The third-order valence-corrected chi connectivity index (χ3v) is 6.17. The molecule has 0 radical (unpaired) electrons. The normalized spacial score (nSPS) is 11.3. The molecule has 9 heteroatoms. The highest BCUT2D eigenvalue weighted by Crippen LogP contribution is 2.29. The van der Waals surface area contributed by atoms with Crippen molar-refractivity contribution in [2.75, 3.05) is 0 Å². The molecule has 8 nitrogen and oxygen atoms in total. The summed E-state index contributed by atoms with van der Waals surface area (Å²) in [4.78, 5) is 23.4. The lowest BCUT2D eigenvalue weighted by Gasteiger charge is -2.10. The Labute approximate surface area is 182 Å². The number of benzene rings is 1. The molecule has 0 atom stereocenters. The molecule has 4 rings (SSSR count). The van der Waals surface area contributed by atoms with Gasteiger partial charge in [0.05, 0.1) is 12.8 Å². The van der Waals surface area contributed by atoms with Crippen LogP contribution < -0.4 is 11.4 Å². The van der Waals surface area contributed by atoms with E-state index in [4.69, 9.17) is 14.6 Å². The molecular weight excluding hydrogens is 416 g/mol. The molecule has 3 aromatic heterocycles. The number of carbonyl (C=O) groups excluding carboxylic acids is 1. The van der Waals surface area contributed by atoms with Crippen LogP contribution in [-0.2, 0) is 23.5 Å². The Morgan fingerprint density at radius 1 is 1.23 bits per heavy atom. The van der Waals surface area contributed by atoms with Gasteiger partial charge in [0.1, 0.15) is 17.2 Å². The van der Waals surface area contributed by atoms with E-state index in [-0.39, 0.29) is 12.0 Å². The number of fused-ring (bicyclic) bond motifs is 1. The number of nitrogens with two attached hydrogens (primary N) is 1. The number of carbonyl (C=O) groups is 1. The Balaban J connectivity index is 1.65. The minimum atomic E-state index is -0.394. The lowest BCUT2D eigenvalue weighted by molar-refractivity contribution is -0.118. The van der Waals surface area contributed by atoms with E-state index in [1.165, 1.54) is 17.8 Å². The van der Waals surface area contributed by atoms with Gasteiger partial charge in [-0.3, -0.25) is 9.36 Å². The monoisotopic (exact) mass is 438 g/mol. The summed E-state index contributed by atoms with van der Waals surface area (Å²) in [7, 11) is 0. The summed E-state index contributed by atoms with van der Waals surface area (Å²) in [6.07, 6.45) is 2.18. The summed E-state index contributed by atoms with van der Waals surface area (Å²) in [6.45, 7) is 4.37. The highest BCUT2D eigenvalue weighted by Gasteiger charge is 2.17. The molecule has 0 bridgehead atoms. The fraction of sp³-hybridized carbons (Fsp3) is 0.273. The van der Waals surface area contributed by atoms with Gasteiger partial charge >= 0.3 is 5.63 Å². The Kier molecular flexibility index (Phi) is 5.94. The smallest absolute Gasteiger partial charge is 0.336 e. The summed E-state index contributed by atoms with van der Waals surface area (Å²) in [6, 6.07) is 9.20. The zero-order valence-corrected chi connectivity index (χ0v) is 18.1. The molecule has 2 N–H and O–H groups in total. The van der Waals surface area contributed by atoms with E-state index in [2.05, 4.69) is 10.2 Å². The van der Waals surface area contributed by atoms with Gasteiger partial charge in [-0.25, -0.2) is 4.79 Å². The Bertz CT molecular complexity index is 1290. The quantitative estimate of drug-likeness (QED) is 0.331. The molecule has 1 amide bonds. The summed E-state index contributed by atoms with van der Waals surface area (Å²) >= 11 is 1.46. The van der Waals surface area contributed by atoms with E-state index in [1.54, 1.807) is 6.26 Å². The van der Waals surface area contributed by atoms with Crippen molar-refractivity contribution in [1.29, 1.82) is 0 Å². The summed E-state index contributed by atoms with van der Waals surface area (Å²) < 4.78 is 12.8. The SMILES string of the molecule is Cc1ccc2c(CSc3nnc(CCC(N)=O)n3Cc3ccco3)cc(=O)oc2c1C. The predicted octanol–water partition coefficient (Wildman–Crippen LogP) is 3.35. The highest BCUT2D eigenvalue weighted by atomic mass is 32.2. The number of thioether (sulfide) groups is 1. The number of amides is 1. The van der Waals surface area contributed by atoms with Gasteiger partial charge in [-0.1, -0.05) is 23.9 Å². The number of primary amides is 1. The van der Waals surface area contributed by atoms with Gasteiger partial charge in [0.15, 0.2) is 5.16 Å². The second kappa shape index (κ2) is 8.81. The van der Waals surface area contributed by atoms with E-state index in [0.717, 1.165) is 27.8 Å². The second-order valence-electron chi connectivity index (χ2n) is 7.29. The molecule has 0 aliphatic heterocycles. The average Bonchev–Trinajstić information content (AvgIpc) is 3.38. The number of hydrogen-bond acceptors (Lipinski definition) is 7. The van der Waals surface area contributed by atoms with E-state index >= 15 is 0 Å². The van der Waals surface area contributed by atoms with Gasteiger partial charge in [-0.2, -0.15) is 0 Å². The first-order valence-electron chi connectivity index (χ1n) is 9.81. The fourth-order valence-corrected chi connectivity index (χ4v) is 4.30. The van der Waals surface area contributed by atoms with Crippen molar-refractivity contribution in [3.8, 4) is 0 Å². The second-order valence-corrected chi connectivity index (χ2v) is 8.24. The Morgan fingerprint density at radius 3 is 2.81 bits per heavy atom. The van der Waals surface area contributed by atoms with Gasteiger partial charge in [0.25, 0.3) is 0 Å². The van der Waals surface area contributed by atoms with Gasteiger partial charge in [-0.15, -0.1) is 10.2 Å². The topological polar surface area (TPSA) is 117 Å². The van der Waals surface area contributed by atoms with E-state index in [9.17, 15) is 9.59 Å². The summed E-state index contributed by atoms with van der Waals surface area (Å²) in [5, 5.41) is 10.1. The van der Waals surface area contributed by atoms with Crippen molar-refractivity contribution in [3.63, 3.8) is 0 Å². The predicted molar refractivity (Wildman–Crippen MR) is 117 cm³/mol. The van der Waals surface area contributed by atoms with Crippen molar-refractivity contribution >= 4 is 28.6 Å². The molecule has 3 heterocycles. The van der Waals surface area contributed by atoms with Crippen molar-refractivity contribution in [2.45, 2.75) is 44.1 Å². The zero-order valence-electron chi connectivity index (χ0n) is 17.3. The number of aromatic nitrogens is 3. The standard InChI is InChI=1S/C22H22N4O4S/c1-13-5-6-17-15(10-20(28)30-21(17)14(13)2)12-31-22-25-24-19(8-7-18(23)27)26(22)11-16-4-3-9-29-16/h3-6,9-10H,7-8,11-12H2,1-2H3,(H2,23,27). The number of nitrogens with zero attached hydrogens (tertiary/aromatic N) is 3. The van der Waals surface area contributed by atoms with Crippen LogP contribution in [0.3, 0.4) is 0 Å². The summed E-state index contributed by atoms with van der Waals surface area (Å²) in [5.41, 5.74) is 8.42. The van der Waals surface area contributed by atoms with Gasteiger partial charge < -0.3 is 14.6 Å². The van der Waals surface area contributed by atoms with Crippen LogP contribution in [0.15, 0.2) is 55.4 Å². The van der Waals surface area contributed by atoms with Crippen LogP contribution in [0, 0.1) is 13.8 Å². The maximum absolute atomic E-state index is 12.1. The van der Waals surface area contributed by atoms with E-state index in [1.807, 2.05) is 42.7 Å². The minimum absolute atomic E-state index is 0.184. The van der Waals surface area contributed by atoms with Gasteiger partial charge in [0, 0.05) is 30.0 Å². The first-order chi connectivity index (χ1) is 14.9. The van der Waals surface area contributed by atoms with Crippen molar-refractivity contribution in [1.82, 2.24) is 14.8 Å².